The summed E-state index contributed by atoms with van der Waals surface area (Å²) in [4.78, 5) is 79.4. The Morgan fingerprint density at radius 3 is 1.43 bits per heavy atom. The zero-order chi connectivity index (χ0) is 55.6. The van der Waals surface area contributed by atoms with Gasteiger partial charge >= 0.3 is 12.2 Å². The van der Waals surface area contributed by atoms with Crippen molar-refractivity contribution in [3.05, 3.63) is 71.8 Å². The smallest absolute Gasteiger partial charge is 0.407 e. The van der Waals surface area contributed by atoms with E-state index in [1.54, 1.807) is 32.6 Å². The van der Waals surface area contributed by atoms with Crippen LogP contribution in [0.4, 0.5) is 9.59 Å². The minimum atomic E-state index is -1.43. The summed E-state index contributed by atoms with van der Waals surface area (Å²) in [6.45, 7) is 16.1. The Hall–Kier alpha value is -5.14. The van der Waals surface area contributed by atoms with Crippen LogP contribution in [0.25, 0.3) is 0 Å². The summed E-state index contributed by atoms with van der Waals surface area (Å²) < 4.78 is 58.6. The lowest BCUT2D eigenvalue weighted by molar-refractivity contribution is -0.294. The maximum absolute atomic E-state index is 13.1. The second-order valence-corrected chi connectivity index (χ2v) is 22.9. The van der Waals surface area contributed by atoms with Crippen molar-refractivity contribution < 1.29 is 86.3 Å². The molecule has 0 saturated carbocycles. The van der Waals surface area contributed by atoms with Gasteiger partial charge < -0.3 is 78.0 Å². The van der Waals surface area contributed by atoms with E-state index in [2.05, 4.69) is 10.6 Å². The molecule has 0 aromatic heterocycles. The maximum Gasteiger partial charge on any atom is 0.407 e. The second-order valence-electron chi connectivity index (χ2n) is 22.9. The lowest BCUT2D eigenvalue weighted by atomic mass is 9.89. The van der Waals surface area contributed by atoms with Crippen LogP contribution < -0.4 is 10.6 Å². The fraction of sp³-hybridized carbons (Fsp3) is 0.673. The lowest BCUT2D eigenvalue weighted by Gasteiger charge is -2.41. The summed E-state index contributed by atoms with van der Waals surface area (Å²) in [5.74, 6) is -7.75. The number of carbonyl (C=O) groups is 6. The van der Waals surface area contributed by atoms with Gasteiger partial charge in [-0.2, -0.15) is 0 Å². The Balaban J connectivity index is 0.000000204. The van der Waals surface area contributed by atoms with Gasteiger partial charge in [-0.1, -0.05) is 60.7 Å². The number of ketones is 2. The summed E-state index contributed by atoms with van der Waals surface area (Å²) in [6, 6.07) is 18.8. The highest BCUT2D eigenvalue weighted by Gasteiger charge is 2.65. The molecule has 424 valence electrons. The Kier molecular flexibility index (Phi) is 17.3. The van der Waals surface area contributed by atoms with E-state index in [0.717, 1.165) is 11.1 Å². The molecular weight excluding hydrogens is 1000 g/mol. The van der Waals surface area contributed by atoms with Crippen LogP contribution in [0.15, 0.2) is 60.7 Å². The highest BCUT2D eigenvalue weighted by atomic mass is 16.9. The van der Waals surface area contributed by atoms with E-state index >= 15 is 0 Å². The number of aliphatic hydroxyl groups is 2. The van der Waals surface area contributed by atoms with Crippen molar-refractivity contribution in [3.63, 3.8) is 0 Å². The number of likely N-dealkylation sites (tertiary alicyclic amines) is 2. The third-order valence-corrected chi connectivity index (χ3v) is 15.2. The molecule has 8 atom stereocenters. The number of ether oxygens (including phenoxy) is 10. The number of carbonyl (C=O) groups excluding carboxylic acids is 6. The molecule has 2 aromatic rings. The molecule has 22 nitrogen and oxygen atoms in total. The first-order valence-electron chi connectivity index (χ1n) is 26.6. The average Bonchev–Trinajstić information content (AvgIpc) is 4.02. The van der Waals surface area contributed by atoms with E-state index in [9.17, 15) is 39.0 Å². The number of Topliss-reactive ketones (excluding diaryl/α,β-unsaturated/α-hetero) is 2. The molecule has 77 heavy (non-hydrogen) atoms. The minimum Gasteiger partial charge on any atom is -0.445 e. The molecule has 7 aliphatic heterocycles. The molecule has 7 heterocycles. The number of amides is 4. The molecular formula is C55H76N4O18. The Morgan fingerprint density at radius 1 is 0.558 bits per heavy atom. The van der Waals surface area contributed by atoms with Crippen LogP contribution in [0.2, 0.25) is 0 Å². The van der Waals surface area contributed by atoms with Gasteiger partial charge in [-0.05, 0) is 92.2 Å². The number of rotatable bonds is 14. The first-order chi connectivity index (χ1) is 36.2. The van der Waals surface area contributed by atoms with Crippen LogP contribution in [0, 0.1) is 0 Å². The lowest BCUT2D eigenvalue weighted by Crippen LogP contribution is -2.59. The van der Waals surface area contributed by atoms with E-state index in [0.29, 0.717) is 51.9 Å². The Labute approximate surface area is 448 Å². The number of alkyl carbamates (subject to hydrolysis) is 2. The van der Waals surface area contributed by atoms with Gasteiger partial charge in [0.2, 0.25) is 23.1 Å². The fourth-order valence-corrected chi connectivity index (χ4v) is 11.0. The van der Waals surface area contributed by atoms with Crippen molar-refractivity contribution >= 4 is 35.6 Å². The van der Waals surface area contributed by atoms with Crippen molar-refractivity contribution in [2.24, 2.45) is 0 Å². The standard InChI is InChI=1S/C29H40N2O9.C26H36N2O9/c1-26(2)37-21-18-36-29(23(22(21)38-26)39-27(3,4)40-29)12-11-20(32)24(33)31-15-13-28(5,14-16-31)30-25(34)35-17-19-9-7-6-8-10-19;1-24(2)36-21-20(31)19(30)16-35-26(21,37-24)10-9-18(29)22(32)28-13-11-25(3,12-14-28)27-23(33)34-15-17-7-5-4-6-8-17/h6-10,21-23H,11-18H2,1-5H3,(H,30,34);4-8,19-21,30-31H,9-16H2,1-3H3,(H,27,33)/t21-,22-,23+,29+;19-,20-,21+,26+/m11/s1. The normalized spacial score (nSPS) is 31.0. The molecule has 0 bridgehead atoms. The summed E-state index contributed by atoms with van der Waals surface area (Å²) in [7, 11) is 0. The van der Waals surface area contributed by atoms with Gasteiger partial charge in [-0.15, -0.1) is 0 Å². The predicted molar refractivity (Wildman–Crippen MR) is 270 cm³/mol. The van der Waals surface area contributed by atoms with E-state index in [4.69, 9.17) is 47.4 Å². The van der Waals surface area contributed by atoms with E-state index in [-0.39, 0.29) is 58.2 Å². The quantitative estimate of drug-likeness (QED) is 0.192. The Morgan fingerprint density at radius 2 is 0.974 bits per heavy atom. The molecule has 7 saturated heterocycles. The van der Waals surface area contributed by atoms with E-state index in [1.165, 1.54) is 4.90 Å². The molecule has 0 spiro atoms. The molecule has 7 aliphatic rings. The van der Waals surface area contributed by atoms with Crippen LogP contribution in [-0.4, -0.2) is 172 Å². The van der Waals surface area contributed by atoms with Crippen LogP contribution in [0.5, 0.6) is 0 Å². The summed E-state index contributed by atoms with van der Waals surface area (Å²) in [5, 5.41) is 26.2. The van der Waals surface area contributed by atoms with Crippen LogP contribution >= 0.6 is 0 Å². The number of nitrogens with zero attached hydrogens (tertiary/aromatic N) is 2. The predicted octanol–water partition coefficient (Wildman–Crippen LogP) is 4.28. The van der Waals surface area contributed by atoms with E-state index in [1.807, 2.05) is 88.4 Å². The second kappa shape index (κ2) is 22.9. The Bertz CT molecular complexity index is 2440. The molecule has 0 radical (unpaired) electrons. The monoisotopic (exact) mass is 1080 g/mol. The summed E-state index contributed by atoms with van der Waals surface area (Å²) in [5.41, 5.74) is 0.684. The maximum atomic E-state index is 13.1. The van der Waals surface area contributed by atoms with Gasteiger partial charge in [0.1, 0.15) is 49.8 Å². The van der Waals surface area contributed by atoms with Gasteiger partial charge in [0.05, 0.1) is 13.2 Å². The van der Waals surface area contributed by atoms with Gasteiger partial charge in [-0.25, -0.2) is 9.59 Å². The van der Waals surface area contributed by atoms with Crippen molar-refractivity contribution in [2.45, 2.75) is 197 Å². The minimum absolute atomic E-state index is 0.00415. The number of piperidine rings is 2. The van der Waals surface area contributed by atoms with Gasteiger partial charge in [0.25, 0.3) is 11.8 Å². The molecule has 4 amide bonds. The molecule has 0 unspecified atom stereocenters. The van der Waals surface area contributed by atoms with Gasteiger partial charge in [-0.3, -0.25) is 19.2 Å². The highest BCUT2D eigenvalue weighted by Crippen LogP contribution is 2.50. The molecule has 7 fully saturated rings. The van der Waals surface area contributed by atoms with Crippen molar-refractivity contribution in [2.75, 3.05) is 39.4 Å². The molecule has 4 N–H and O–H groups in total. The average molecular weight is 1080 g/mol. The number of benzene rings is 2. The number of hydrogen-bond donors (Lipinski definition) is 4. The zero-order valence-electron chi connectivity index (χ0n) is 45.4. The summed E-state index contributed by atoms with van der Waals surface area (Å²) in [6.07, 6.45) is -3.87. The van der Waals surface area contributed by atoms with E-state index < -0.39 is 106 Å². The fourth-order valence-electron chi connectivity index (χ4n) is 11.0. The first-order valence-corrected chi connectivity index (χ1v) is 26.6. The largest absolute Gasteiger partial charge is 0.445 e. The van der Waals surface area contributed by atoms with Crippen molar-refractivity contribution in [3.8, 4) is 0 Å². The topological polar surface area (TPSA) is 266 Å². The molecule has 2 aromatic carbocycles. The SMILES string of the molecule is CC1(NC(=O)OCc2ccccc2)CCN(C(=O)C(=O)CC[C@@]23OC[C@@H](O)[C@@H](O)[C@@H]2OC(C)(C)O3)CC1.CC1(NC(=O)OCc2ccccc2)CCN(C(=O)C(=O)CC[C@@]23OC[C@H]4OC(C)(C)O[C@H]4[C@@H]2OC(C)(C)O3)CC1. The molecule has 0 aliphatic carbocycles. The number of fused-ring (bicyclic) bond motifs is 4. The number of hydrogen-bond acceptors (Lipinski definition) is 18. The molecule has 9 rings (SSSR count). The third-order valence-electron chi connectivity index (χ3n) is 15.2. The van der Waals surface area contributed by atoms with Crippen molar-refractivity contribution in [1.29, 1.82) is 0 Å². The third kappa shape index (κ3) is 14.0. The number of aliphatic hydroxyl groups excluding tert-OH is 2. The zero-order valence-corrected chi connectivity index (χ0v) is 45.4. The summed E-state index contributed by atoms with van der Waals surface area (Å²) >= 11 is 0. The van der Waals surface area contributed by atoms with Crippen LogP contribution in [0.3, 0.4) is 0 Å². The molecule has 22 heteroatoms. The van der Waals surface area contributed by atoms with Gasteiger partial charge in [0, 0.05) is 62.9 Å². The van der Waals surface area contributed by atoms with Gasteiger partial charge in [0.15, 0.2) is 17.4 Å². The highest BCUT2D eigenvalue weighted by molar-refractivity contribution is 6.36. The van der Waals surface area contributed by atoms with Crippen LogP contribution in [0.1, 0.15) is 118 Å². The van der Waals surface area contributed by atoms with Crippen molar-refractivity contribution in [1.82, 2.24) is 20.4 Å². The number of nitrogens with one attached hydrogen (secondary N) is 2. The first kappa shape index (κ1) is 58.0. The van der Waals surface area contributed by atoms with Crippen LogP contribution in [-0.2, 0) is 79.8 Å².